The van der Waals surface area contributed by atoms with Crippen LogP contribution in [0.4, 0.5) is 10.5 Å². The first-order chi connectivity index (χ1) is 11.7. The molecule has 3 heterocycles. The Labute approximate surface area is 147 Å². The molecule has 2 aliphatic heterocycles. The monoisotopic (exact) mass is 350 g/mol. The Morgan fingerprint density at radius 2 is 2.12 bits per heavy atom. The van der Waals surface area contributed by atoms with Crippen LogP contribution < -0.4 is 4.90 Å². The van der Waals surface area contributed by atoms with E-state index in [9.17, 15) is 14.7 Å². The third kappa shape index (κ3) is 3.63. The van der Waals surface area contributed by atoms with Crippen LogP contribution in [0.2, 0.25) is 0 Å². The van der Waals surface area contributed by atoms with E-state index in [1.54, 1.807) is 16.0 Å². The summed E-state index contributed by atoms with van der Waals surface area (Å²) in [4.78, 5) is 28.1. The topological polar surface area (TPSA) is 87.9 Å². The van der Waals surface area contributed by atoms with E-state index in [4.69, 9.17) is 4.74 Å². The lowest BCUT2D eigenvalue weighted by Gasteiger charge is -2.36. The van der Waals surface area contributed by atoms with Crippen LogP contribution in [0.5, 0.6) is 0 Å². The lowest BCUT2D eigenvalue weighted by Crippen LogP contribution is -2.48. The van der Waals surface area contributed by atoms with Crippen molar-refractivity contribution in [2.75, 3.05) is 11.4 Å². The molecular formula is C17H26N4O4. The molecule has 2 atom stereocenters. The molecule has 0 radical (unpaired) electrons. The number of carbonyl (C=O) groups excluding carboxylic acids is 2. The molecule has 0 saturated carbocycles. The summed E-state index contributed by atoms with van der Waals surface area (Å²) in [5.41, 5.74) is 0.988. The van der Waals surface area contributed by atoms with Gasteiger partial charge in [0.25, 0.3) is 0 Å². The molecule has 1 fully saturated rings. The van der Waals surface area contributed by atoms with Gasteiger partial charge in [-0.1, -0.05) is 0 Å². The Morgan fingerprint density at radius 1 is 1.40 bits per heavy atom. The van der Waals surface area contributed by atoms with Gasteiger partial charge in [0.2, 0.25) is 5.91 Å². The van der Waals surface area contributed by atoms with Gasteiger partial charge in [0.15, 0.2) is 0 Å². The van der Waals surface area contributed by atoms with Crippen LogP contribution in [0.1, 0.15) is 46.2 Å². The highest BCUT2D eigenvalue weighted by molar-refractivity contribution is 5.95. The van der Waals surface area contributed by atoms with Gasteiger partial charge in [-0.05, 0) is 34.1 Å². The smallest absolute Gasteiger partial charge is 0.410 e. The molecule has 0 spiro atoms. The normalized spacial score (nSPS) is 24.3. The first kappa shape index (κ1) is 17.7. The largest absolute Gasteiger partial charge is 0.444 e. The van der Waals surface area contributed by atoms with Crippen LogP contribution >= 0.6 is 0 Å². The van der Waals surface area contributed by atoms with Crippen molar-refractivity contribution < 1.29 is 19.4 Å². The quantitative estimate of drug-likeness (QED) is 0.829. The molecule has 138 valence electrons. The molecule has 2 aliphatic rings. The minimum absolute atomic E-state index is 0.0472. The van der Waals surface area contributed by atoms with E-state index in [0.717, 1.165) is 11.4 Å². The maximum atomic E-state index is 12.5. The third-order valence-corrected chi connectivity index (χ3v) is 4.53. The molecule has 2 amide bonds. The van der Waals surface area contributed by atoms with Gasteiger partial charge in [0.1, 0.15) is 5.60 Å². The van der Waals surface area contributed by atoms with Crippen LogP contribution in [-0.4, -0.2) is 56.1 Å². The van der Waals surface area contributed by atoms with Crippen LogP contribution in [0.3, 0.4) is 0 Å². The van der Waals surface area contributed by atoms with E-state index in [0.29, 0.717) is 26.1 Å². The molecule has 8 heteroatoms. The fourth-order valence-electron chi connectivity index (χ4n) is 3.25. The Hall–Kier alpha value is -2.09. The predicted molar refractivity (Wildman–Crippen MR) is 91.1 cm³/mol. The van der Waals surface area contributed by atoms with Crippen molar-refractivity contribution >= 4 is 17.7 Å². The zero-order valence-electron chi connectivity index (χ0n) is 15.2. The van der Waals surface area contributed by atoms with Crippen LogP contribution in [0.15, 0.2) is 6.20 Å². The van der Waals surface area contributed by atoms with Crippen molar-refractivity contribution in [1.82, 2.24) is 14.7 Å². The molecule has 0 aliphatic carbocycles. The summed E-state index contributed by atoms with van der Waals surface area (Å²) in [6.45, 7) is 8.83. The third-order valence-electron chi connectivity index (χ3n) is 4.53. The van der Waals surface area contributed by atoms with E-state index < -0.39 is 11.7 Å². The van der Waals surface area contributed by atoms with E-state index >= 15 is 0 Å². The molecular weight excluding hydrogens is 324 g/mol. The second kappa shape index (κ2) is 6.33. The van der Waals surface area contributed by atoms with Gasteiger partial charge < -0.3 is 14.7 Å². The number of aromatic nitrogens is 2. The number of rotatable bonds is 1. The lowest BCUT2D eigenvalue weighted by atomic mass is 10.1. The van der Waals surface area contributed by atoms with Crippen molar-refractivity contribution in [1.29, 1.82) is 0 Å². The number of amides is 2. The zero-order chi connectivity index (χ0) is 18.4. The highest BCUT2D eigenvalue weighted by Gasteiger charge is 2.35. The summed E-state index contributed by atoms with van der Waals surface area (Å²) in [7, 11) is 0. The molecule has 8 nitrogen and oxygen atoms in total. The summed E-state index contributed by atoms with van der Waals surface area (Å²) in [6, 6.07) is -0.0472. The number of hydrogen-bond acceptors (Lipinski definition) is 5. The lowest BCUT2D eigenvalue weighted by molar-refractivity contribution is -0.122. The zero-order valence-corrected chi connectivity index (χ0v) is 15.2. The fourth-order valence-corrected chi connectivity index (χ4v) is 3.25. The van der Waals surface area contributed by atoms with Gasteiger partial charge in [-0.2, -0.15) is 5.10 Å². The molecule has 25 heavy (non-hydrogen) atoms. The molecule has 1 aromatic rings. The van der Waals surface area contributed by atoms with Gasteiger partial charge >= 0.3 is 6.09 Å². The molecule has 1 N–H and O–H groups in total. The summed E-state index contributed by atoms with van der Waals surface area (Å²) < 4.78 is 7.35. The maximum Gasteiger partial charge on any atom is 0.410 e. The number of anilines is 1. The van der Waals surface area contributed by atoms with E-state index in [-0.39, 0.29) is 24.5 Å². The van der Waals surface area contributed by atoms with Gasteiger partial charge in [-0.25, -0.2) is 4.79 Å². The summed E-state index contributed by atoms with van der Waals surface area (Å²) >= 11 is 0. The molecule has 0 bridgehead atoms. The number of fused-ring (bicyclic) bond motifs is 1. The summed E-state index contributed by atoms with van der Waals surface area (Å²) in [6.07, 6.45) is 1.41. The number of aliphatic hydroxyl groups excluding tert-OH is 1. The summed E-state index contributed by atoms with van der Waals surface area (Å²) in [5, 5.41) is 14.0. The van der Waals surface area contributed by atoms with Gasteiger partial charge in [0, 0.05) is 6.54 Å². The number of ether oxygens (including phenoxy) is 1. The first-order valence-electron chi connectivity index (χ1n) is 8.68. The standard InChI is InChI=1S/C17H26N4O4/c1-11-9-21-14(10-20(11)16(24)25-17(2,3)4)13(8-18-21)19-6-5-12(22)7-15(19)23/h8,11-12,22H,5-7,9-10H2,1-4H3/t11-,12?/m0/s1. The van der Waals surface area contributed by atoms with E-state index in [1.165, 1.54) is 0 Å². The average Bonchev–Trinajstić information content (AvgIpc) is 2.87. The average molecular weight is 350 g/mol. The second-order valence-electron chi connectivity index (χ2n) is 7.81. The Morgan fingerprint density at radius 3 is 2.76 bits per heavy atom. The highest BCUT2D eigenvalue weighted by Crippen LogP contribution is 2.30. The van der Waals surface area contributed by atoms with Crippen molar-refractivity contribution in [3.05, 3.63) is 11.9 Å². The SMILES string of the molecule is C[C@H]1Cn2ncc(N3CCC(O)CC3=O)c2CN1C(=O)OC(C)(C)C. The predicted octanol–water partition coefficient (Wildman–Crippen LogP) is 1.51. The minimum Gasteiger partial charge on any atom is -0.444 e. The highest BCUT2D eigenvalue weighted by atomic mass is 16.6. The van der Waals surface area contributed by atoms with E-state index in [1.807, 2.05) is 32.4 Å². The van der Waals surface area contributed by atoms with E-state index in [2.05, 4.69) is 5.10 Å². The Balaban J connectivity index is 1.83. The van der Waals surface area contributed by atoms with Gasteiger partial charge in [-0.15, -0.1) is 0 Å². The van der Waals surface area contributed by atoms with Gasteiger partial charge in [0.05, 0.1) is 49.2 Å². The fraction of sp³-hybridized carbons (Fsp3) is 0.706. The molecule has 1 saturated heterocycles. The van der Waals surface area contributed by atoms with Crippen molar-refractivity contribution in [3.8, 4) is 0 Å². The van der Waals surface area contributed by atoms with Crippen molar-refractivity contribution in [3.63, 3.8) is 0 Å². The number of nitrogens with zero attached hydrogens (tertiary/aromatic N) is 4. The van der Waals surface area contributed by atoms with Crippen LogP contribution in [0, 0.1) is 0 Å². The first-order valence-corrected chi connectivity index (χ1v) is 8.68. The van der Waals surface area contributed by atoms with Crippen LogP contribution in [0.25, 0.3) is 0 Å². The summed E-state index contributed by atoms with van der Waals surface area (Å²) in [5.74, 6) is -0.114. The second-order valence-corrected chi connectivity index (χ2v) is 7.81. The number of carbonyl (C=O) groups is 2. The molecule has 1 unspecified atom stereocenters. The maximum absolute atomic E-state index is 12.5. The molecule has 0 aromatic carbocycles. The number of aliphatic hydroxyl groups is 1. The van der Waals surface area contributed by atoms with Crippen LogP contribution in [-0.2, 0) is 22.6 Å². The molecule has 3 rings (SSSR count). The minimum atomic E-state index is -0.576. The van der Waals surface area contributed by atoms with Crippen molar-refractivity contribution in [2.24, 2.45) is 0 Å². The Kier molecular flexibility index (Phi) is 4.49. The van der Waals surface area contributed by atoms with Gasteiger partial charge in [-0.3, -0.25) is 14.4 Å². The molecule has 1 aromatic heterocycles. The Bertz CT molecular complexity index is 679. The van der Waals surface area contributed by atoms with Crippen molar-refractivity contribution in [2.45, 2.75) is 71.4 Å². The number of hydrogen-bond donors (Lipinski definition) is 1. The number of piperidine rings is 1.